The number of carboxylic acids is 1. The van der Waals surface area contributed by atoms with E-state index in [1.54, 1.807) is 12.3 Å². The Bertz CT molecular complexity index is 343. The zero-order chi connectivity index (χ0) is 11.5. The van der Waals surface area contributed by atoms with Gasteiger partial charge in [0.1, 0.15) is 17.2 Å². The minimum Gasteiger partial charge on any atom is -0.490 e. The van der Waals surface area contributed by atoms with Gasteiger partial charge < -0.3 is 14.9 Å². The summed E-state index contributed by atoms with van der Waals surface area (Å²) in [5.41, 5.74) is -0.870. The molecule has 0 bridgehead atoms. The van der Waals surface area contributed by atoms with Crippen LogP contribution in [0.25, 0.3) is 0 Å². The number of thiophene rings is 1. The van der Waals surface area contributed by atoms with E-state index in [9.17, 15) is 9.90 Å². The number of carbonyl (C=O) groups is 1. The maximum atomic E-state index is 10.6. The number of carboxylic acid groups (broad SMARTS) is 1. The highest BCUT2D eigenvalue weighted by atomic mass is 32.1. The fourth-order valence-corrected chi connectivity index (χ4v) is 1.51. The minimum atomic E-state index is -0.961. The van der Waals surface area contributed by atoms with Crippen molar-refractivity contribution in [2.24, 2.45) is 0 Å². The summed E-state index contributed by atoms with van der Waals surface area (Å²) in [6.45, 7) is 3.70. The third-order valence-corrected chi connectivity index (χ3v) is 2.99. The number of aromatic carboxylic acids is 1. The Morgan fingerprint density at radius 3 is 2.80 bits per heavy atom. The van der Waals surface area contributed by atoms with Gasteiger partial charge in [-0.1, -0.05) is 6.92 Å². The molecule has 0 aliphatic rings. The summed E-state index contributed by atoms with van der Waals surface area (Å²) >= 11 is 1.11. The molecule has 5 heteroatoms. The van der Waals surface area contributed by atoms with E-state index in [2.05, 4.69) is 0 Å². The predicted molar refractivity (Wildman–Crippen MR) is 57.7 cm³/mol. The third kappa shape index (κ3) is 3.53. The molecule has 84 valence electrons. The van der Waals surface area contributed by atoms with Crippen molar-refractivity contribution in [2.75, 3.05) is 6.61 Å². The smallest absolute Gasteiger partial charge is 0.346 e. The molecule has 0 aromatic carbocycles. The molecule has 0 aliphatic carbocycles. The summed E-state index contributed by atoms with van der Waals surface area (Å²) < 4.78 is 5.29. The summed E-state index contributed by atoms with van der Waals surface area (Å²) in [6.07, 6.45) is 0.586. The average molecular weight is 230 g/mol. The van der Waals surface area contributed by atoms with Crippen LogP contribution in [0, 0.1) is 0 Å². The molecule has 15 heavy (non-hydrogen) atoms. The van der Waals surface area contributed by atoms with Crippen LogP contribution in [0.1, 0.15) is 29.9 Å². The van der Waals surface area contributed by atoms with Crippen LogP contribution in [0.2, 0.25) is 0 Å². The number of aliphatic hydroxyl groups is 1. The van der Waals surface area contributed by atoms with Crippen molar-refractivity contribution in [3.05, 3.63) is 16.3 Å². The van der Waals surface area contributed by atoms with Crippen LogP contribution in [0.5, 0.6) is 5.75 Å². The van der Waals surface area contributed by atoms with Crippen molar-refractivity contribution in [3.63, 3.8) is 0 Å². The van der Waals surface area contributed by atoms with Gasteiger partial charge in [0.15, 0.2) is 0 Å². The van der Waals surface area contributed by atoms with E-state index in [4.69, 9.17) is 9.84 Å². The molecule has 1 aromatic heterocycles. The Morgan fingerprint density at radius 1 is 1.67 bits per heavy atom. The second-order valence-corrected chi connectivity index (χ2v) is 4.50. The molecular weight excluding hydrogens is 216 g/mol. The molecular formula is C10H14O4S. The number of ether oxygens (including phenoxy) is 1. The topological polar surface area (TPSA) is 66.8 Å². The minimum absolute atomic E-state index is 0.166. The van der Waals surface area contributed by atoms with Gasteiger partial charge in [-0.25, -0.2) is 4.79 Å². The molecule has 1 rings (SSSR count). The Labute approximate surface area is 92.1 Å². The standard InChI is InChI=1S/C10H14O4S/c1-3-10(2,13)6-14-7-4-8(9(11)12)15-5-7/h4-5,13H,3,6H2,1-2H3,(H,11,12). The molecule has 0 fully saturated rings. The van der Waals surface area contributed by atoms with Gasteiger partial charge in [0.2, 0.25) is 0 Å². The summed E-state index contributed by atoms with van der Waals surface area (Å²) in [6, 6.07) is 1.46. The van der Waals surface area contributed by atoms with E-state index in [1.165, 1.54) is 6.07 Å². The molecule has 0 radical (unpaired) electrons. The van der Waals surface area contributed by atoms with E-state index >= 15 is 0 Å². The fourth-order valence-electron chi connectivity index (χ4n) is 0.848. The zero-order valence-electron chi connectivity index (χ0n) is 8.69. The summed E-state index contributed by atoms with van der Waals surface area (Å²) in [5, 5.41) is 20.0. The third-order valence-electron chi connectivity index (χ3n) is 2.10. The Morgan fingerprint density at radius 2 is 2.33 bits per heavy atom. The van der Waals surface area contributed by atoms with Crippen molar-refractivity contribution in [1.29, 1.82) is 0 Å². The van der Waals surface area contributed by atoms with E-state index in [1.807, 2.05) is 6.92 Å². The van der Waals surface area contributed by atoms with Crippen LogP contribution in [0.4, 0.5) is 0 Å². The van der Waals surface area contributed by atoms with Crippen molar-refractivity contribution in [2.45, 2.75) is 25.9 Å². The Balaban J connectivity index is 2.55. The first-order valence-corrected chi connectivity index (χ1v) is 5.49. The molecule has 1 atom stereocenters. The lowest BCUT2D eigenvalue weighted by atomic mass is 10.1. The van der Waals surface area contributed by atoms with E-state index < -0.39 is 11.6 Å². The van der Waals surface area contributed by atoms with E-state index in [-0.39, 0.29) is 11.5 Å². The maximum Gasteiger partial charge on any atom is 0.346 e. The second kappa shape index (κ2) is 4.63. The molecule has 1 aromatic rings. The summed E-state index contributed by atoms with van der Waals surface area (Å²) in [4.78, 5) is 10.8. The highest BCUT2D eigenvalue weighted by molar-refractivity contribution is 7.12. The second-order valence-electron chi connectivity index (χ2n) is 3.59. The first-order chi connectivity index (χ1) is 6.94. The summed E-state index contributed by atoms with van der Waals surface area (Å²) in [7, 11) is 0. The highest BCUT2D eigenvalue weighted by Crippen LogP contribution is 2.22. The van der Waals surface area contributed by atoms with Crippen molar-refractivity contribution in [3.8, 4) is 5.75 Å². The van der Waals surface area contributed by atoms with Crippen molar-refractivity contribution < 1.29 is 19.7 Å². The molecule has 0 aliphatic heterocycles. The van der Waals surface area contributed by atoms with Gasteiger partial charge in [-0.3, -0.25) is 0 Å². The van der Waals surface area contributed by atoms with Crippen LogP contribution < -0.4 is 4.74 Å². The van der Waals surface area contributed by atoms with Crippen LogP contribution in [-0.4, -0.2) is 28.4 Å². The quantitative estimate of drug-likeness (QED) is 0.811. The first kappa shape index (κ1) is 12.0. The molecule has 0 saturated carbocycles. The normalized spacial score (nSPS) is 14.6. The average Bonchev–Trinajstić information content (AvgIpc) is 2.63. The van der Waals surface area contributed by atoms with Crippen molar-refractivity contribution >= 4 is 17.3 Å². The molecule has 0 spiro atoms. The fraction of sp³-hybridized carbons (Fsp3) is 0.500. The molecule has 1 heterocycles. The lowest BCUT2D eigenvalue weighted by Crippen LogP contribution is -2.31. The molecule has 2 N–H and O–H groups in total. The zero-order valence-corrected chi connectivity index (χ0v) is 9.50. The van der Waals surface area contributed by atoms with Gasteiger partial charge in [0, 0.05) is 11.4 Å². The number of hydrogen-bond donors (Lipinski definition) is 2. The predicted octanol–water partition coefficient (Wildman–Crippen LogP) is 1.99. The maximum absolute atomic E-state index is 10.6. The van der Waals surface area contributed by atoms with Crippen LogP contribution in [-0.2, 0) is 0 Å². The van der Waals surface area contributed by atoms with Gasteiger partial charge >= 0.3 is 5.97 Å². The summed E-state index contributed by atoms with van der Waals surface area (Å²) in [5.74, 6) is -0.469. The van der Waals surface area contributed by atoms with Crippen molar-refractivity contribution in [1.82, 2.24) is 0 Å². The highest BCUT2D eigenvalue weighted by Gasteiger charge is 2.19. The SMILES string of the molecule is CCC(C)(O)COc1csc(C(=O)O)c1. The van der Waals surface area contributed by atoms with Gasteiger partial charge in [-0.2, -0.15) is 0 Å². The van der Waals surface area contributed by atoms with Gasteiger partial charge in [-0.15, -0.1) is 11.3 Å². The number of hydrogen-bond acceptors (Lipinski definition) is 4. The molecule has 0 amide bonds. The Hall–Kier alpha value is -1.07. The molecule has 0 saturated heterocycles. The number of rotatable bonds is 5. The lowest BCUT2D eigenvalue weighted by Gasteiger charge is -2.20. The largest absolute Gasteiger partial charge is 0.490 e. The molecule has 4 nitrogen and oxygen atoms in total. The Kier molecular flexibility index (Phi) is 3.71. The first-order valence-electron chi connectivity index (χ1n) is 4.61. The van der Waals surface area contributed by atoms with Crippen LogP contribution in [0.3, 0.4) is 0 Å². The van der Waals surface area contributed by atoms with E-state index in [0.717, 1.165) is 11.3 Å². The monoisotopic (exact) mass is 230 g/mol. The molecule has 1 unspecified atom stereocenters. The van der Waals surface area contributed by atoms with Crippen LogP contribution >= 0.6 is 11.3 Å². The lowest BCUT2D eigenvalue weighted by molar-refractivity contribution is 0.00860. The van der Waals surface area contributed by atoms with Gasteiger partial charge in [0.25, 0.3) is 0 Å². The van der Waals surface area contributed by atoms with Gasteiger partial charge in [0.05, 0.1) is 5.60 Å². The van der Waals surface area contributed by atoms with Crippen LogP contribution in [0.15, 0.2) is 11.4 Å². The van der Waals surface area contributed by atoms with Gasteiger partial charge in [-0.05, 0) is 13.3 Å². The van der Waals surface area contributed by atoms with E-state index in [0.29, 0.717) is 12.2 Å².